The number of benzene rings is 7. The van der Waals surface area contributed by atoms with E-state index in [-0.39, 0.29) is 6.17 Å². The molecule has 0 saturated heterocycles. The Bertz CT molecular complexity index is 2970. The summed E-state index contributed by atoms with van der Waals surface area (Å²) in [6.45, 7) is 0.669. The minimum atomic E-state index is -0.0408. The molecule has 1 unspecified atom stereocenters. The molecular weight excluding hydrogens is 625 g/mol. The van der Waals surface area contributed by atoms with Gasteiger partial charge in [0.2, 0.25) is 0 Å². The van der Waals surface area contributed by atoms with Gasteiger partial charge in [-0.25, -0.2) is 0 Å². The fourth-order valence-electron chi connectivity index (χ4n) is 8.25. The lowest BCUT2D eigenvalue weighted by atomic mass is 10.0. The van der Waals surface area contributed by atoms with Gasteiger partial charge in [0.25, 0.3) is 0 Å². The lowest BCUT2D eigenvalue weighted by Crippen LogP contribution is -2.32. The SMILES string of the molecule is c1ccc(-n2c3ccccc3c3cc(-c4ccc5c(c4)c4ccccc4n5-c4cccc(C5NCc6oc7ccccc7c6N5)c4)ccc32)cc1. The van der Waals surface area contributed by atoms with Crippen molar-refractivity contribution >= 4 is 60.3 Å². The first-order valence-electron chi connectivity index (χ1n) is 17.5. The van der Waals surface area contributed by atoms with E-state index in [1.165, 1.54) is 66.0 Å². The highest BCUT2D eigenvalue weighted by molar-refractivity contribution is 6.12. The van der Waals surface area contributed by atoms with Crippen molar-refractivity contribution < 1.29 is 4.42 Å². The lowest BCUT2D eigenvalue weighted by Gasteiger charge is -2.26. The highest BCUT2D eigenvalue weighted by Crippen LogP contribution is 2.40. The van der Waals surface area contributed by atoms with Crippen molar-refractivity contribution in [3.05, 3.63) is 175 Å². The zero-order valence-corrected chi connectivity index (χ0v) is 27.7. The number of para-hydroxylation sites is 4. The summed E-state index contributed by atoms with van der Waals surface area (Å²) in [7, 11) is 0. The summed E-state index contributed by atoms with van der Waals surface area (Å²) >= 11 is 0. The number of nitrogens with zero attached hydrogens (tertiary/aromatic N) is 2. The van der Waals surface area contributed by atoms with Gasteiger partial charge in [0.05, 0.1) is 34.3 Å². The zero-order valence-electron chi connectivity index (χ0n) is 27.7. The highest BCUT2D eigenvalue weighted by atomic mass is 16.3. The molecule has 11 rings (SSSR count). The third kappa shape index (κ3) is 4.32. The molecule has 4 heterocycles. The molecule has 10 aromatic rings. The molecule has 0 bridgehead atoms. The first-order valence-corrected chi connectivity index (χ1v) is 17.5. The molecule has 0 spiro atoms. The average molecular weight is 657 g/mol. The Morgan fingerprint density at radius 1 is 0.471 bits per heavy atom. The second kappa shape index (κ2) is 11.0. The van der Waals surface area contributed by atoms with E-state index in [1.54, 1.807) is 0 Å². The number of hydrogen-bond acceptors (Lipinski definition) is 3. The second-order valence-electron chi connectivity index (χ2n) is 13.5. The molecule has 3 aromatic heterocycles. The summed E-state index contributed by atoms with van der Waals surface area (Å²) in [5, 5.41) is 13.5. The zero-order chi connectivity index (χ0) is 33.5. The Kier molecular flexibility index (Phi) is 6.09. The topological polar surface area (TPSA) is 47.1 Å². The van der Waals surface area contributed by atoms with Gasteiger partial charge in [-0.05, 0) is 89.5 Å². The summed E-state index contributed by atoms with van der Waals surface area (Å²) in [6, 6.07) is 59.0. The van der Waals surface area contributed by atoms with E-state index in [4.69, 9.17) is 4.42 Å². The van der Waals surface area contributed by atoms with Gasteiger partial charge in [-0.2, -0.15) is 0 Å². The number of hydrogen-bond donors (Lipinski definition) is 2. The first kappa shape index (κ1) is 28.3. The predicted octanol–water partition coefficient (Wildman–Crippen LogP) is 11.5. The fraction of sp³-hybridized carbons (Fsp3) is 0.0435. The maximum absolute atomic E-state index is 6.12. The summed E-state index contributed by atoms with van der Waals surface area (Å²) in [5.41, 5.74) is 12.7. The summed E-state index contributed by atoms with van der Waals surface area (Å²) in [4.78, 5) is 0. The van der Waals surface area contributed by atoms with Gasteiger partial charge in [0, 0.05) is 38.3 Å². The molecule has 1 atom stereocenters. The summed E-state index contributed by atoms with van der Waals surface area (Å²) < 4.78 is 10.9. The van der Waals surface area contributed by atoms with Crippen LogP contribution >= 0.6 is 0 Å². The molecular formula is C46H32N4O. The van der Waals surface area contributed by atoms with Crippen molar-refractivity contribution in [3.8, 4) is 22.5 Å². The van der Waals surface area contributed by atoms with E-state index in [0.29, 0.717) is 6.54 Å². The van der Waals surface area contributed by atoms with Crippen LogP contribution in [0.2, 0.25) is 0 Å². The number of fused-ring (bicyclic) bond motifs is 9. The molecule has 1 aliphatic heterocycles. The molecule has 51 heavy (non-hydrogen) atoms. The quantitative estimate of drug-likeness (QED) is 0.198. The fourth-order valence-corrected chi connectivity index (χ4v) is 8.25. The summed E-state index contributed by atoms with van der Waals surface area (Å²) in [6.07, 6.45) is -0.0408. The van der Waals surface area contributed by atoms with Crippen molar-refractivity contribution in [2.45, 2.75) is 12.7 Å². The summed E-state index contributed by atoms with van der Waals surface area (Å²) in [5.74, 6) is 0.947. The molecule has 5 nitrogen and oxygen atoms in total. The van der Waals surface area contributed by atoms with Gasteiger partial charge in [0.15, 0.2) is 0 Å². The van der Waals surface area contributed by atoms with Gasteiger partial charge in [0.1, 0.15) is 17.5 Å². The molecule has 5 heteroatoms. The van der Waals surface area contributed by atoms with Gasteiger partial charge in [-0.15, -0.1) is 0 Å². The Morgan fingerprint density at radius 3 is 1.75 bits per heavy atom. The van der Waals surface area contributed by atoms with Crippen LogP contribution in [0, 0.1) is 0 Å². The van der Waals surface area contributed by atoms with Gasteiger partial charge in [-0.1, -0.05) is 91.0 Å². The first-order chi connectivity index (χ1) is 25.3. The molecule has 0 radical (unpaired) electrons. The molecule has 1 aliphatic rings. The number of nitrogens with one attached hydrogen (secondary N) is 2. The van der Waals surface area contributed by atoms with Crippen molar-refractivity contribution in [1.29, 1.82) is 0 Å². The second-order valence-corrected chi connectivity index (χ2v) is 13.5. The van der Waals surface area contributed by atoms with Crippen LogP contribution in [0.4, 0.5) is 5.69 Å². The maximum Gasteiger partial charge on any atom is 0.142 e. The number of anilines is 1. The molecule has 0 saturated carbocycles. The predicted molar refractivity (Wildman–Crippen MR) is 210 cm³/mol. The van der Waals surface area contributed by atoms with Crippen LogP contribution in [0.5, 0.6) is 0 Å². The van der Waals surface area contributed by atoms with Crippen molar-refractivity contribution in [1.82, 2.24) is 14.5 Å². The van der Waals surface area contributed by atoms with Crippen LogP contribution < -0.4 is 10.6 Å². The molecule has 0 aliphatic carbocycles. The molecule has 7 aromatic carbocycles. The highest BCUT2D eigenvalue weighted by Gasteiger charge is 2.25. The molecule has 0 fully saturated rings. The van der Waals surface area contributed by atoms with Crippen LogP contribution in [0.1, 0.15) is 17.5 Å². The maximum atomic E-state index is 6.12. The Balaban J connectivity index is 1.02. The third-order valence-corrected chi connectivity index (χ3v) is 10.6. The van der Waals surface area contributed by atoms with E-state index in [0.717, 1.165) is 28.1 Å². The lowest BCUT2D eigenvalue weighted by molar-refractivity contribution is 0.469. The van der Waals surface area contributed by atoms with Crippen molar-refractivity contribution in [3.63, 3.8) is 0 Å². The van der Waals surface area contributed by atoms with Crippen LogP contribution in [0.3, 0.4) is 0 Å². The van der Waals surface area contributed by atoms with Crippen molar-refractivity contribution in [2.24, 2.45) is 0 Å². The Hall–Kier alpha value is -6.56. The Morgan fingerprint density at radius 2 is 1.04 bits per heavy atom. The molecule has 242 valence electrons. The normalized spacial score (nSPS) is 14.5. The van der Waals surface area contributed by atoms with Crippen LogP contribution in [0.25, 0.3) is 77.1 Å². The van der Waals surface area contributed by atoms with Crippen LogP contribution in [-0.2, 0) is 6.54 Å². The van der Waals surface area contributed by atoms with Crippen molar-refractivity contribution in [2.75, 3.05) is 5.32 Å². The standard InChI is InChI=1S/C46H32N4O/c1-2-12-32(13-3-1)49-39-18-7-4-15-34(39)37-26-29(21-23-41(37)49)30-22-24-42-38(27-30)35-16-5-8-19-40(35)50(42)33-14-10-11-31(25-33)46-47-28-44-45(48-46)36-17-6-9-20-43(36)51-44/h1-27,46-48H,28H2. The van der Waals surface area contributed by atoms with Gasteiger partial charge < -0.3 is 18.9 Å². The van der Waals surface area contributed by atoms with Gasteiger partial charge >= 0.3 is 0 Å². The smallest absolute Gasteiger partial charge is 0.142 e. The van der Waals surface area contributed by atoms with E-state index in [2.05, 4.69) is 171 Å². The largest absolute Gasteiger partial charge is 0.457 e. The monoisotopic (exact) mass is 656 g/mol. The van der Waals surface area contributed by atoms with E-state index in [1.807, 2.05) is 12.1 Å². The van der Waals surface area contributed by atoms with E-state index >= 15 is 0 Å². The number of rotatable bonds is 4. The molecule has 0 amide bonds. The van der Waals surface area contributed by atoms with Crippen LogP contribution in [-0.4, -0.2) is 9.13 Å². The van der Waals surface area contributed by atoms with E-state index in [9.17, 15) is 0 Å². The van der Waals surface area contributed by atoms with E-state index < -0.39 is 0 Å². The average Bonchev–Trinajstić information content (AvgIpc) is 3.85. The Labute approximate surface area is 294 Å². The van der Waals surface area contributed by atoms with Crippen LogP contribution in [0.15, 0.2) is 168 Å². The number of furan rings is 1. The molecule has 2 N–H and O–H groups in total. The van der Waals surface area contributed by atoms with Gasteiger partial charge in [-0.3, -0.25) is 5.32 Å². The third-order valence-electron chi connectivity index (χ3n) is 10.6. The number of aromatic nitrogens is 2. The minimum absolute atomic E-state index is 0.0408. The minimum Gasteiger partial charge on any atom is -0.457 e.